The lowest BCUT2D eigenvalue weighted by atomic mass is 9.99. The summed E-state index contributed by atoms with van der Waals surface area (Å²) in [6, 6.07) is 0. The molecule has 1 N–H and O–H groups in total. The van der Waals surface area contributed by atoms with E-state index in [2.05, 4.69) is 17.4 Å². The molecule has 1 amide bonds. The minimum absolute atomic E-state index is 0.0511. The summed E-state index contributed by atoms with van der Waals surface area (Å²) >= 11 is 0. The van der Waals surface area contributed by atoms with Crippen LogP contribution in [0.25, 0.3) is 0 Å². The van der Waals surface area contributed by atoms with Crippen molar-refractivity contribution in [3.8, 4) is 0 Å². The first-order valence-electron chi connectivity index (χ1n) is 8.58. The molecule has 0 spiro atoms. The Morgan fingerprint density at radius 3 is 2.75 bits per heavy atom. The number of amides is 1. The number of hydrogen-bond donors (Lipinski definition) is 1. The second-order valence-electron chi connectivity index (χ2n) is 6.35. The van der Waals surface area contributed by atoms with Gasteiger partial charge in [0.2, 0.25) is 15.9 Å². The Bertz CT molecular complexity index is 649. The molecular formula is C16H27N3O4S. The fraction of sp³-hybridized carbons (Fsp3) is 0.750. The molecule has 1 unspecified atom stereocenters. The van der Waals surface area contributed by atoms with Crippen molar-refractivity contribution in [2.45, 2.75) is 57.8 Å². The van der Waals surface area contributed by atoms with Crippen LogP contribution >= 0.6 is 0 Å². The standard InChI is InChI=1S/C16H27N3O4S/c1-4-5-6-9-17-16(20)14-8-7-10-19(11-14)24(21,22)15-12(2)18-23-13(15)3/h14H,4-11H2,1-3H3,(H,17,20). The van der Waals surface area contributed by atoms with Gasteiger partial charge in [-0.15, -0.1) is 0 Å². The molecule has 136 valence electrons. The molecule has 8 heteroatoms. The molecule has 1 aromatic heterocycles. The molecule has 0 bridgehead atoms. The third-order valence-corrected chi connectivity index (χ3v) is 6.51. The number of aromatic nitrogens is 1. The van der Waals surface area contributed by atoms with Crippen LogP contribution in [0.15, 0.2) is 9.42 Å². The predicted octanol–water partition coefficient (Wildman–Crippen LogP) is 2.00. The van der Waals surface area contributed by atoms with E-state index < -0.39 is 10.0 Å². The van der Waals surface area contributed by atoms with Gasteiger partial charge in [-0.2, -0.15) is 4.31 Å². The van der Waals surface area contributed by atoms with Gasteiger partial charge in [0, 0.05) is 19.6 Å². The summed E-state index contributed by atoms with van der Waals surface area (Å²) in [5.74, 6) is -0.0565. The van der Waals surface area contributed by atoms with E-state index in [4.69, 9.17) is 4.52 Å². The zero-order chi connectivity index (χ0) is 17.7. The molecule has 1 atom stereocenters. The Morgan fingerprint density at radius 2 is 2.12 bits per heavy atom. The van der Waals surface area contributed by atoms with Crippen molar-refractivity contribution in [3.63, 3.8) is 0 Å². The van der Waals surface area contributed by atoms with Gasteiger partial charge in [-0.25, -0.2) is 8.42 Å². The second kappa shape index (κ2) is 8.11. The van der Waals surface area contributed by atoms with Gasteiger partial charge in [-0.1, -0.05) is 24.9 Å². The third kappa shape index (κ3) is 4.16. The average molecular weight is 357 g/mol. The highest BCUT2D eigenvalue weighted by atomic mass is 32.2. The van der Waals surface area contributed by atoms with Gasteiger partial charge in [0.25, 0.3) is 0 Å². The first-order valence-corrected chi connectivity index (χ1v) is 10.0. The molecule has 0 aromatic carbocycles. The van der Waals surface area contributed by atoms with Crippen LogP contribution in [0.2, 0.25) is 0 Å². The number of carbonyl (C=O) groups is 1. The molecule has 2 heterocycles. The molecule has 1 saturated heterocycles. The summed E-state index contributed by atoms with van der Waals surface area (Å²) in [6.07, 6.45) is 4.53. The van der Waals surface area contributed by atoms with Crippen LogP contribution in [0, 0.1) is 19.8 Å². The summed E-state index contributed by atoms with van der Waals surface area (Å²) in [7, 11) is -3.68. The number of sulfonamides is 1. The van der Waals surface area contributed by atoms with Crippen molar-refractivity contribution in [1.82, 2.24) is 14.8 Å². The molecule has 0 saturated carbocycles. The van der Waals surface area contributed by atoms with Gasteiger partial charge in [0.05, 0.1) is 5.92 Å². The van der Waals surface area contributed by atoms with Crippen LogP contribution in [0.4, 0.5) is 0 Å². The number of hydrogen-bond acceptors (Lipinski definition) is 5. The summed E-state index contributed by atoms with van der Waals surface area (Å²) in [6.45, 7) is 6.61. The summed E-state index contributed by atoms with van der Waals surface area (Å²) < 4.78 is 32.1. The molecule has 2 rings (SSSR count). The normalized spacial score (nSPS) is 19.4. The third-order valence-electron chi connectivity index (χ3n) is 4.40. The molecule has 1 aliphatic heterocycles. The van der Waals surface area contributed by atoms with Crippen LogP contribution in [0.5, 0.6) is 0 Å². The lowest BCUT2D eigenvalue weighted by molar-refractivity contribution is -0.126. The van der Waals surface area contributed by atoms with Crippen molar-refractivity contribution in [2.75, 3.05) is 19.6 Å². The van der Waals surface area contributed by atoms with Crippen molar-refractivity contribution >= 4 is 15.9 Å². The summed E-state index contributed by atoms with van der Waals surface area (Å²) in [4.78, 5) is 12.4. The lowest BCUT2D eigenvalue weighted by Crippen LogP contribution is -2.45. The van der Waals surface area contributed by atoms with Gasteiger partial charge in [-0.3, -0.25) is 4.79 Å². The summed E-state index contributed by atoms with van der Waals surface area (Å²) in [5.41, 5.74) is 0.360. The second-order valence-corrected chi connectivity index (χ2v) is 8.23. The number of nitrogens with zero attached hydrogens (tertiary/aromatic N) is 2. The minimum atomic E-state index is -3.68. The van der Waals surface area contributed by atoms with E-state index in [0.717, 1.165) is 19.3 Å². The quantitative estimate of drug-likeness (QED) is 0.754. The van der Waals surface area contributed by atoms with Crippen LogP contribution in [0.3, 0.4) is 0 Å². The first kappa shape index (κ1) is 18.9. The average Bonchev–Trinajstić information content (AvgIpc) is 2.91. The van der Waals surface area contributed by atoms with E-state index >= 15 is 0 Å². The van der Waals surface area contributed by atoms with Crippen LogP contribution in [-0.4, -0.2) is 43.4 Å². The SMILES string of the molecule is CCCCCNC(=O)C1CCCN(S(=O)(=O)c2c(C)noc2C)C1. The zero-order valence-electron chi connectivity index (χ0n) is 14.7. The fourth-order valence-electron chi connectivity index (χ4n) is 3.08. The van der Waals surface area contributed by atoms with Crippen molar-refractivity contribution in [3.05, 3.63) is 11.5 Å². The molecule has 0 aliphatic carbocycles. The monoisotopic (exact) mass is 357 g/mol. The van der Waals surface area contributed by atoms with Gasteiger partial charge in [0.1, 0.15) is 10.6 Å². The Labute approximate surface area is 143 Å². The maximum atomic E-state index is 12.9. The van der Waals surface area contributed by atoms with Crippen molar-refractivity contribution in [1.29, 1.82) is 0 Å². The van der Waals surface area contributed by atoms with Gasteiger partial charge in [0.15, 0.2) is 5.76 Å². The minimum Gasteiger partial charge on any atom is -0.360 e. The Morgan fingerprint density at radius 1 is 1.38 bits per heavy atom. The van der Waals surface area contributed by atoms with Gasteiger partial charge >= 0.3 is 0 Å². The maximum absolute atomic E-state index is 12.9. The Hall–Kier alpha value is -1.41. The molecule has 7 nitrogen and oxygen atoms in total. The van der Waals surface area contributed by atoms with E-state index in [1.54, 1.807) is 13.8 Å². The number of carbonyl (C=O) groups excluding carboxylic acids is 1. The highest BCUT2D eigenvalue weighted by Gasteiger charge is 2.36. The molecule has 1 aromatic rings. The van der Waals surface area contributed by atoms with Gasteiger partial charge < -0.3 is 9.84 Å². The van der Waals surface area contributed by atoms with Crippen molar-refractivity contribution in [2.24, 2.45) is 5.92 Å². The summed E-state index contributed by atoms with van der Waals surface area (Å²) in [5, 5.41) is 6.65. The first-order chi connectivity index (χ1) is 11.4. The lowest BCUT2D eigenvalue weighted by Gasteiger charge is -2.31. The van der Waals surface area contributed by atoms with E-state index in [1.807, 2.05) is 0 Å². The number of rotatable bonds is 7. The number of nitrogens with one attached hydrogen (secondary N) is 1. The number of piperidine rings is 1. The topological polar surface area (TPSA) is 92.5 Å². The van der Waals surface area contributed by atoms with Crippen LogP contribution in [-0.2, 0) is 14.8 Å². The Kier molecular flexibility index (Phi) is 6.40. The Balaban J connectivity index is 2.03. The molecule has 24 heavy (non-hydrogen) atoms. The van der Waals surface area contributed by atoms with Gasteiger partial charge in [-0.05, 0) is 33.1 Å². The fourth-order valence-corrected chi connectivity index (χ4v) is 4.89. The van der Waals surface area contributed by atoms with Crippen molar-refractivity contribution < 1.29 is 17.7 Å². The number of aryl methyl sites for hydroxylation is 2. The zero-order valence-corrected chi connectivity index (χ0v) is 15.5. The van der Waals surface area contributed by atoms with E-state index in [-0.39, 0.29) is 23.3 Å². The number of unbranched alkanes of at least 4 members (excludes halogenated alkanes) is 2. The maximum Gasteiger partial charge on any atom is 0.248 e. The predicted molar refractivity (Wildman–Crippen MR) is 90.0 cm³/mol. The smallest absolute Gasteiger partial charge is 0.248 e. The van der Waals surface area contributed by atoms with E-state index in [0.29, 0.717) is 37.4 Å². The van der Waals surface area contributed by atoms with Crippen LogP contribution in [0.1, 0.15) is 50.5 Å². The molecule has 0 radical (unpaired) electrons. The highest BCUT2D eigenvalue weighted by Crippen LogP contribution is 2.27. The molecule has 1 aliphatic rings. The molecule has 1 fully saturated rings. The van der Waals surface area contributed by atoms with E-state index in [1.165, 1.54) is 4.31 Å². The highest BCUT2D eigenvalue weighted by molar-refractivity contribution is 7.89. The van der Waals surface area contributed by atoms with E-state index in [9.17, 15) is 13.2 Å². The molecular weight excluding hydrogens is 330 g/mol. The van der Waals surface area contributed by atoms with Crippen LogP contribution < -0.4 is 5.32 Å². The largest absolute Gasteiger partial charge is 0.360 e.